The van der Waals surface area contributed by atoms with Gasteiger partial charge in [0, 0.05) is 56.1 Å². The van der Waals surface area contributed by atoms with Crippen molar-refractivity contribution in [1.82, 2.24) is 15.5 Å². The van der Waals surface area contributed by atoms with Gasteiger partial charge in [-0.15, -0.1) is 0 Å². The molecule has 0 aromatic heterocycles. The van der Waals surface area contributed by atoms with Crippen molar-refractivity contribution >= 4 is 23.6 Å². The Bertz CT molecular complexity index is 606. The first-order valence-corrected chi connectivity index (χ1v) is 10.7. The summed E-state index contributed by atoms with van der Waals surface area (Å²) < 4.78 is 0. The SMILES string of the molecule is Cc1ccc(CNC(=O)C2CCN(C(=O)CC3CSCCN3)CC2)cc1. The molecule has 142 valence electrons. The number of carbonyl (C=O) groups is 2. The molecule has 2 aliphatic rings. The van der Waals surface area contributed by atoms with Crippen LogP contribution >= 0.6 is 11.8 Å². The van der Waals surface area contributed by atoms with Gasteiger partial charge in [0.25, 0.3) is 0 Å². The maximum atomic E-state index is 12.5. The van der Waals surface area contributed by atoms with Crippen molar-refractivity contribution in [2.75, 3.05) is 31.1 Å². The second-order valence-electron chi connectivity index (χ2n) is 7.29. The number of aryl methyl sites for hydroxylation is 1. The minimum atomic E-state index is 0.0212. The number of likely N-dealkylation sites (tertiary alicyclic amines) is 1. The highest BCUT2D eigenvalue weighted by Crippen LogP contribution is 2.19. The number of amides is 2. The van der Waals surface area contributed by atoms with E-state index < -0.39 is 0 Å². The minimum absolute atomic E-state index is 0.0212. The van der Waals surface area contributed by atoms with Gasteiger partial charge in [0.05, 0.1) is 0 Å². The Morgan fingerprint density at radius 3 is 2.62 bits per heavy atom. The van der Waals surface area contributed by atoms with E-state index in [-0.39, 0.29) is 17.7 Å². The van der Waals surface area contributed by atoms with Crippen molar-refractivity contribution in [3.8, 4) is 0 Å². The van der Waals surface area contributed by atoms with E-state index in [2.05, 4.69) is 41.8 Å². The highest BCUT2D eigenvalue weighted by atomic mass is 32.2. The van der Waals surface area contributed by atoms with Crippen LogP contribution in [0.1, 0.15) is 30.4 Å². The summed E-state index contributed by atoms with van der Waals surface area (Å²) in [6.45, 7) is 5.01. The average Bonchev–Trinajstić information content (AvgIpc) is 2.68. The molecule has 2 saturated heterocycles. The Morgan fingerprint density at radius 1 is 1.23 bits per heavy atom. The summed E-state index contributed by atoms with van der Waals surface area (Å²) in [7, 11) is 0. The maximum Gasteiger partial charge on any atom is 0.224 e. The van der Waals surface area contributed by atoms with Gasteiger partial charge in [0.1, 0.15) is 0 Å². The molecule has 0 saturated carbocycles. The van der Waals surface area contributed by atoms with E-state index in [0.717, 1.165) is 36.5 Å². The van der Waals surface area contributed by atoms with Crippen LogP contribution in [-0.2, 0) is 16.1 Å². The monoisotopic (exact) mass is 375 g/mol. The lowest BCUT2D eigenvalue weighted by Crippen LogP contribution is -2.46. The molecule has 1 atom stereocenters. The number of rotatable bonds is 5. The fourth-order valence-corrected chi connectivity index (χ4v) is 4.47. The zero-order valence-corrected chi connectivity index (χ0v) is 16.3. The lowest BCUT2D eigenvalue weighted by molar-refractivity contribution is -0.136. The van der Waals surface area contributed by atoms with Gasteiger partial charge in [-0.3, -0.25) is 9.59 Å². The van der Waals surface area contributed by atoms with Crippen molar-refractivity contribution in [1.29, 1.82) is 0 Å². The molecule has 1 aromatic rings. The van der Waals surface area contributed by atoms with Gasteiger partial charge in [0.2, 0.25) is 11.8 Å². The summed E-state index contributed by atoms with van der Waals surface area (Å²) in [5.41, 5.74) is 2.34. The zero-order chi connectivity index (χ0) is 18.4. The first-order valence-electron chi connectivity index (χ1n) is 9.54. The van der Waals surface area contributed by atoms with E-state index in [1.54, 1.807) is 0 Å². The molecule has 0 spiro atoms. The fourth-order valence-electron chi connectivity index (χ4n) is 3.52. The van der Waals surface area contributed by atoms with E-state index in [0.29, 0.717) is 32.1 Å². The minimum Gasteiger partial charge on any atom is -0.352 e. The summed E-state index contributed by atoms with van der Waals surface area (Å²) in [5.74, 6) is 2.51. The zero-order valence-electron chi connectivity index (χ0n) is 15.5. The van der Waals surface area contributed by atoms with Crippen molar-refractivity contribution in [2.24, 2.45) is 5.92 Å². The lowest BCUT2D eigenvalue weighted by Gasteiger charge is -2.33. The summed E-state index contributed by atoms with van der Waals surface area (Å²) in [5, 5.41) is 6.46. The van der Waals surface area contributed by atoms with Crippen molar-refractivity contribution in [3.63, 3.8) is 0 Å². The van der Waals surface area contributed by atoms with Crippen LogP contribution in [0.15, 0.2) is 24.3 Å². The summed E-state index contributed by atoms with van der Waals surface area (Å²) in [4.78, 5) is 26.8. The van der Waals surface area contributed by atoms with E-state index in [1.807, 2.05) is 16.7 Å². The number of nitrogens with zero attached hydrogens (tertiary/aromatic N) is 1. The van der Waals surface area contributed by atoms with Crippen LogP contribution in [0.3, 0.4) is 0 Å². The van der Waals surface area contributed by atoms with E-state index >= 15 is 0 Å². The van der Waals surface area contributed by atoms with E-state index in [4.69, 9.17) is 0 Å². The number of carbonyl (C=O) groups excluding carboxylic acids is 2. The molecule has 2 amide bonds. The molecule has 26 heavy (non-hydrogen) atoms. The van der Waals surface area contributed by atoms with Crippen LogP contribution in [0.5, 0.6) is 0 Å². The molecule has 6 heteroatoms. The smallest absolute Gasteiger partial charge is 0.224 e. The average molecular weight is 376 g/mol. The molecule has 0 bridgehead atoms. The van der Waals surface area contributed by atoms with Crippen LogP contribution in [0, 0.1) is 12.8 Å². The highest BCUT2D eigenvalue weighted by Gasteiger charge is 2.28. The van der Waals surface area contributed by atoms with Gasteiger partial charge in [-0.05, 0) is 25.3 Å². The van der Waals surface area contributed by atoms with Crippen LogP contribution < -0.4 is 10.6 Å². The summed E-state index contributed by atoms with van der Waals surface area (Å²) >= 11 is 1.91. The molecule has 2 fully saturated rings. The largest absolute Gasteiger partial charge is 0.352 e. The summed E-state index contributed by atoms with van der Waals surface area (Å²) in [6.07, 6.45) is 2.11. The first-order chi connectivity index (χ1) is 12.6. The second-order valence-corrected chi connectivity index (χ2v) is 8.44. The van der Waals surface area contributed by atoms with Crippen molar-refractivity contribution in [3.05, 3.63) is 35.4 Å². The first kappa shape index (κ1) is 19.2. The molecule has 1 aromatic carbocycles. The fraction of sp³-hybridized carbons (Fsp3) is 0.600. The standard InChI is InChI=1S/C20H29N3O2S/c1-15-2-4-16(5-3-15)13-22-20(25)17-6-9-23(10-7-17)19(24)12-18-14-26-11-8-21-18/h2-5,17-18,21H,6-14H2,1H3,(H,22,25). The van der Waals surface area contributed by atoms with Gasteiger partial charge in [-0.2, -0.15) is 11.8 Å². The molecule has 1 unspecified atom stereocenters. The van der Waals surface area contributed by atoms with Crippen LogP contribution in [0.25, 0.3) is 0 Å². The Balaban J connectivity index is 1.39. The van der Waals surface area contributed by atoms with E-state index in [1.165, 1.54) is 5.56 Å². The third-order valence-corrected chi connectivity index (χ3v) is 6.36. The van der Waals surface area contributed by atoms with Crippen LogP contribution in [0.2, 0.25) is 0 Å². The predicted octanol–water partition coefficient (Wildman–Crippen LogP) is 1.94. The quantitative estimate of drug-likeness (QED) is 0.826. The second kappa shape index (κ2) is 9.42. The molecular weight excluding hydrogens is 346 g/mol. The molecule has 3 rings (SSSR count). The van der Waals surface area contributed by atoms with Gasteiger partial charge >= 0.3 is 0 Å². The molecule has 0 aliphatic carbocycles. The molecule has 2 aliphatic heterocycles. The number of nitrogens with one attached hydrogen (secondary N) is 2. The Hall–Kier alpha value is -1.53. The third kappa shape index (κ3) is 5.48. The predicted molar refractivity (Wildman–Crippen MR) is 106 cm³/mol. The normalized spacial score (nSPS) is 21.4. The molecule has 0 radical (unpaired) electrons. The number of piperidine rings is 1. The van der Waals surface area contributed by atoms with Crippen LogP contribution in [-0.4, -0.2) is 53.9 Å². The number of hydrogen-bond donors (Lipinski definition) is 2. The highest BCUT2D eigenvalue weighted by molar-refractivity contribution is 7.99. The maximum absolute atomic E-state index is 12.5. The molecule has 5 nitrogen and oxygen atoms in total. The Kier molecular flexibility index (Phi) is 6.97. The topological polar surface area (TPSA) is 61.4 Å². The van der Waals surface area contributed by atoms with Gasteiger partial charge in [-0.1, -0.05) is 29.8 Å². The third-order valence-electron chi connectivity index (χ3n) is 5.23. The lowest BCUT2D eigenvalue weighted by atomic mass is 9.95. The Morgan fingerprint density at radius 2 is 1.96 bits per heavy atom. The Labute approximate surface area is 160 Å². The van der Waals surface area contributed by atoms with Crippen LogP contribution in [0.4, 0.5) is 0 Å². The molecule has 2 heterocycles. The summed E-state index contributed by atoms with van der Waals surface area (Å²) in [6, 6.07) is 8.52. The number of thioether (sulfide) groups is 1. The van der Waals surface area contributed by atoms with E-state index in [9.17, 15) is 9.59 Å². The van der Waals surface area contributed by atoms with Gasteiger partial charge < -0.3 is 15.5 Å². The molecule has 2 N–H and O–H groups in total. The van der Waals surface area contributed by atoms with Gasteiger partial charge in [-0.25, -0.2) is 0 Å². The number of benzene rings is 1. The van der Waals surface area contributed by atoms with Gasteiger partial charge in [0.15, 0.2) is 0 Å². The van der Waals surface area contributed by atoms with Crippen molar-refractivity contribution in [2.45, 2.75) is 38.8 Å². The van der Waals surface area contributed by atoms with Crippen molar-refractivity contribution < 1.29 is 9.59 Å². The number of hydrogen-bond acceptors (Lipinski definition) is 4. The molecular formula is C20H29N3O2S.